The van der Waals surface area contributed by atoms with Gasteiger partial charge >= 0.3 is 0 Å². The van der Waals surface area contributed by atoms with E-state index in [1.807, 2.05) is 0 Å². The molecule has 2 aliphatic rings. The number of pyridine rings is 2. The highest BCUT2D eigenvalue weighted by Gasteiger charge is 2.41. The highest BCUT2D eigenvalue weighted by molar-refractivity contribution is 6.30. The quantitative estimate of drug-likeness (QED) is 0.284. The Kier molecular flexibility index (Phi) is 6.94. The van der Waals surface area contributed by atoms with Gasteiger partial charge in [0.1, 0.15) is 76.9 Å². The third-order valence-electron chi connectivity index (χ3n) is 6.94. The number of halogens is 3. The van der Waals surface area contributed by atoms with Crippen molar-refractivity contribution < 1.29 is 13.2 Å². The lowest BCUT2D eigenvalue weighted by atomic mass is 9.89. The van der Waals surface area contributed by atoms with Crippen molar-refractivity contribution in [1.29, 1.82) is 42.1 Å². The largest absolute Gasteiger partial charge is 0.222 e. The first-order valence-electron chi connectivity index (χ1n) is 12.1. The molecule has 3 aromatic rings. The third-order valence-corrected chi connectivity index (χ3v) is 6.94. The molecule has 2 aliphatic carbocycles. The Morgan fingerprint density at radius 3 is 1.18 bits per heavy atom. The lowest BCUT2D eigenvalue weighted by Crippen LogP contribution is -2.00. The maximum atomic E-state index is 16.8. The molecule has 13 heteroatoms. The predicted molar refractivity (Wildman–Crippen MR) is 145 cm³/mol. The molecule has 5 rings (SSSR count). The van der Waals surface area contributed by atoms with Crippen LogP contribution in [0.4, 0.5) is 13.2 Å². The van der Waals surface area contributed by atoms with Crippen LogP contribution in [0.2, 0.25) is 0 Å². The van der Waals surface area contributed by atoms with E-state index in [2.05, 4.69) is 9.97 Å². The van der Waals surface area contributed by atoms with Crippen LogP contribution in [0.3, 0.4) is 0 Å². The summed E-state index contributed by atoms with van der Waals surface area (Å²) in [5, 5.41) is 77.8. The van der Waals surface area contributed by atoms with Crippen LogP contribution in [0, 0.1) is 108 Å². The van der Waals surface area contributed by atoms with Crippen LogP contribution in [-0.2, 0) is 0 Å². The molecule has 2 heterocycles. The van der Waals surface area contributed by atoms with Gasteiger partial charge in [-0.15, -0.1) is 0 Å². The van der Waals surface area contributed by atoms with E-state index in [-0.39, 0.29) is 22.5 Å². The maximum absolute atomic E-state index is 16.8. The van der Waals surface area contributed by atoms with E-state index in [1.54, 1.807) is 48.6 Å². The number of nitriles is 8. The zero-order valence-electron chi connectivity index (χ0n) is 22.0. The summed E-state index contributed by atoms with van der Waals surface area (Å²) in [6, 6.07) is 18.8. The zero-order chi connectivity index (χ0) is 32.6. The summed E-state index contributed by atoms with van der Waals surface area (Å²) in [6.45, 7) is 0. The van der Waals surface area contributed by atoms with Crippen molar-refractivity contribution >= 4 is 33.4 Å². The number of allylic oxidation sites excluding steroid dienone is 8. The minimum atomic E-state index is -1.29. The van der Waals surface area contributed by atoms with Crippen molar-refractivity contribution in [2.45, 2.75) is 0 Å². The van der Waals surface area contributed by atoms with Gasteiger partial charge in [0.05, 0.1) is 11.1 Å². The topological polar surface area (TPSA) is 216 Å². The fourth-order valence-electron chi connectivity index (χ4n) is 5.22. The molecular formula is C32H5F3N10. The number of aromatic nitrogens is 2. The van der Waals surface area contributed by atoms with Crippen LogP contribution >= 0.6 is 0 Å². The molecule has 0 aliphatic heterocycles. The Bertz CT molecular complexity index is 2240. The van der Waals surface area contributed by atoms with Crippen LogP contribution in [0.25, 0.3) is 33.4 Å². The lowest BCUT2D eigenvalue weighted by Gasteiger charge is -2.12. The monoisotopic (exact) mass is 586 g/mol. The van der Waals surface area contributed by atoms with Crippen molar-refractivity contribution in [3.05, 3.63) is 104 Å². The van der Waals surface area contributed by atoms with E-state index in [0.717, 1.165) is 30.3 Å². The summed E-state index contributed by atoms with van der Waals surface area (Å²) in [5.41, 5.74) is -7.35. The Balaban J connectivity index is 2.00. The number of nitrogens with zero attached hydrogens (tertiary/aromatic N) is 10. The molecule has 0 bridgehead atoms. The standard InChI is InChI=1S/C32H5F3N10/c33-30-28-20(24(14(6-36)7-37)26(22(28)12-42)18-3-1-16(10-40)44-31(18)34)5-21-25(15(8-38)9-39)27(23(13-43)29(21)30)19-4-2-17(11-41)45-32(19)35/h1-5H. The number of benzene rings is 1. The van der Waals surface area contributed by atoms with Crippen LogP contribution in [0.15, 0.2) is 41.5 Å². The first-order valence-corrected chi connectivity index (χ1v) is 12.1. The Morgan fingerprint density at radius 1 is 0.511 bits per heavy atom. The second-order valence-electron chi connectivity index (χ2n) is 9.00. The Morgan fingerprint density at radius 2 is 0.889 bits per heavy atom. The summed E-state index contributed by atoms with van der Waals surface area (Å²) >= 11 is 0. The highest BCUT2D eigenvalue weighted by Crippen LogP contribution is 2.55. The van der Waals surface area contributed by atoms with Gasteiger partial charge in [0.15, 0.2) is 0 Å². The van der Waals surface area contributed by atoms with Crippen LogP contribution in [0.1, 0.15) is 44.8 Å². The molecule has 0 unspecified atom stereocenters. The summed E-state index contributed by atoms with van der Waals surface area (Å²) in [4.78, 5) is 7.00. The van der Waals surface area contributed by atoms with E-state index in [4.69, 9.17) is 10.5 Å². The van der Waals surface area contributed by atoms with Gasteiger partial charge in [-0.25, -0.2) is 14.4 Å². The molecule has 0 atom stereocenters. The molecule has 2 aromatic heterocycles. The molecule has 0 saturated heterocycles. The Hall–Kier alpha value is -7.81. The van der Waals surface area contributed by atoms with Crippen molar-refractivity contribution in [3.8, 4) is 48.6 Å². The fourth-order valence-corrected chi connectivity index (χ4v) is 5.22. The van der Waals surface area contributed by atoms with Crippen LogP contribution < -0.4 is 0 Å². The summed E-state index contributed by atoms with van der Waals surface area (Å²) in [5.74, 6) is -3.83. The number of rotatable bonds is 2. The molecule has 10 nitrogen and oxygen atoms in total. The van der Waals surface area contributed by atoms with Gasteiger partial charge in [-0.05, 0) is 41.5 Å². The van der Waals surface area contributed by atoms with Crippen molar-refractivity contribution in [3.63, 3.8) is 0 Å². The summed E-state index contributed by atoms with van der Waals surface area (Å²) in [7, 11) is 0. The van der Waals surface area contributed by atoms with E-state index in [0.29, 0.717) is 0 Å². The molecule has 0 amide bonds. The molecule has 204 valence electrons. The second kappa shape index (κ2) is 10.9. The van der Waals surface area contributed by atoms with Crippen molar-refractivity contribution in [1.82, 2.24) is 9.97 Å². The average Bonchev–Trinajstić information content (AvgIpc) is 3.55. The molecule has 0 radical (unpaired) electrons. The van der Waals surface area contributed by atoms with Gasteiger partial charge in [0.25, 0.3) is 0 Å². The smallest absolute Gasteiger partial charge is 0.208 e. The summed E-state index contributed by atoms with van der Waals surface area (Å²) in [6.07, 6.45) is 0. The maximum Gasteiger partial charge on any atom is 0.222 e. The molecule has 0 saturated carbocycles. The second-order valence-corrected chi connectivity index (χ2v) is 9.00. The number of fused-ring (bicyclic) bond motifs is 2. The molecular weight excluding hydrogens is 581 g/mol. The fraction of sp³-hybridized carbons (Fsp3) is 0. The minimum absolute atomic E-state index is 0.302. The van der Waals surface area contributed by atoms with Gasteiger partial charge in [-0.3, -0.25) is 0 Å². The van der Waals surface area contributed by atoms with Crippen LogP contribution in [-0.4, -0.2) is 9.97 Å². The molecule has 0 spiro atoms. The molecule has 0 fully saturated rings. The third kappa shape index (κ3) is 4.05. The van der Waals surface area contributed by atoms with Gasteiger partial charge < -0.3 is 0 Å². The van der Waals surface area contributed by atoms with E-state index in [1.165, 1.54) is 0 Å². The number of hydrogen-bond acceptors (Lipinski definition) is 10. The SMILES string of the molecule is N#CC(C#N)=C1C(c2ccc(C#N)nc2F)=C(C#N)c2c1cc1c(c2F)C(C#N)=C(c2ccc(C#N)nc2F)C1=C(C#N)C#N. The highest BCUT2D eigenvalue weighted by atomic mass is 19.1. The predicted octanol–water partition coefficient (Wildman–Crippen LogP) is 5.13. The average molecular weight is 586 g/mol. The summed E-state index contributed by atoms with van der Waals surface area (Å²) < 4.78 is 47.3. The first-order chi connectivity index (χ1) is 21.7. The van der Waals surface area contributed by atoms with Crippen molar-refractivity contribution in [2.75, 3.05) is 0 Å². The first kappa shape index (κ1) is 28.7. The van der Waals surface area contributed by atoms with E-state index < -0.39 is 84.6 Å². The van der Waals surface area contributed by atoms with Gasteiger partial charge in [-0.1, -0.05) is 0 Å². The van der Waals surface area contributed by atoms with E-state index in [9.17, 15) is 31.6 Å². The van der Waals surface area contributed by atoms with Gasteiger partial charge in [0, 0.05) is 44.5 Å². The lowest BCUT2D eigenvalue weighted by molar-refractivity contribution is 0.578. The molecule has 1 aromatic carbocycles. The zero-order valence-corrected chi connectivity index (χ0v) is 22.0. The number of hydrogen-bond donors (Lipinski definition) is 0. The molecule has 0 N–H and O–H groups in total. The Labute approximate surface area is 251 Å². The van der Waals surface area contributed by atoms with E-state index >= 15 is 13.2 Å². The normalized spacial score (nSPS) is 12.3. The van der Waals surface area contributed by atoms with Gasteiger partial charge in [-0.2, -0.15) is 50.9 Å². The minimum Gasteiger partial charge on any atom is -0.208 e. The van der Waals surface area contributed by atoms with Crippen molar-refractivity contribution in [2.24, 2.45) is 0 Å². The van der Waals surface area contributed by atoms with Gasteiger partial charge in [0.2, 0.25) is 11.9 Å². The van der Waals surface area contributed by atoms with Crippen LogP contribution in [0.5, 0.6) is 0 Å². The molecule has 45 heavy (non-hydrogen) atoms.